The average Bonchev–Trinajstić information content (AvgIpc) is 2.38. The summed E-state index contributed by atoms with van der Waals surface area (Å²) in [5.74, 6) is -1.54. The van der Waals surface area contributed by atoms with Gasteiger partial charge in [-0.05, 0) is 24.3 Å². The van der Waals surface area contributed by atoms with Gasteiger partial charge < -0.3 is 26.2 Å². The van der Waals surface area contributed by atoms with Crippen LogP contribution in [0.1, 0.15) is 6.42 Å². The normalized spacial score (nSPS) is 11.2. The Morgan fingerprint density at radius 2 is 1.90 bits per heavy atom. The van der Waals surface area contributed by atoms with Crippen LogP contribution in [0.3, 0.4) is 0 Å². The Balaban J connectivity index is 2.60. The van der Waals surface area contributed by atoms with E-state index in [1.54, 1.807) is 24.3 Å². The van der Waals surface area contributed by atoms with E-state index in [4.69, 9.17) is 15.6 Å². The van der Waals surface area contributed by atoms with E-state index in [9.17, 15) is 14.4 Å². The number of primary amides is 1. The summed E-state index contributed by atoms with van der Waals surface area (Å²) in [7, 11) is 1.51. The largest absolute Gasteiger partial charge is 0.497 e. The second kappa shape index (κ2) is 6.98. The van der Waals surface area contributed by atoms with Crippen LogP contribution in [0.4, 0.5) is 10.5 Å². The molecule has 0 heterocycles. The summed E-state index contributed by atoms with van der Waals surface area (Å²) in [6, 6.07) is 4.32. The molecular formula is C12H15N3O5. The Morgan fingerprint density at radius 3 is 2.35 bits per heavy atom. The maximum absolute atomic E-state index is 11.6. The van der Waals surface area contributed by atoms with E-state index in [1.807, 2.05) is 0 Å². The van der Waals surface area contributed by atoms with Crippen molar-refractivity contribution in [3.8, 4) is 5.75 Å². The lowest BCUT2D eigenvalue weighted by atomic mass is 10.2. The van der Waals surface area contributed by atoms with Crippen LogP contribution in [0.25, 0.3) is 0 Å². The Morgan fingerprint density at radius 1 is 1.30 bits per heavy atom. The van der Waals surface area contributed by atoms with Crippen LogP contribution in [0.2, 0.25) is 0 Å². The number of hydrogen-bond acceptors (Lipinski definition) is 4. The SMILES string of the molecule is COc1ccc(NC(=O)NC(CC(N)=O)C(=O)O)cc1. The topological polar surface area (TPSA) is 131 Å². The van der Waals surface area contributed by atoms with Gasteiger partial charge >= 0.3 is 12.0 Å². The molecule has 0 aliphatic carbocycles. The molecule has 0 radical (unpaired) electrons. The zero-order valence-corrected chi connectivity index (χ0v) is 10.8. The van der Waals surface area contributed by atoms with E-state index < -0.39 is 30.4 Å². The Hall–Kier alpha value is -2.77. The van der Waals surface area contributed by atoms with Crippen molar-refractivity contribution in [1.82, 2.24) is 5.32 Å². The fourth-order valence-corrected chi connectivity index (χ4v) is 1.40. The summed E-state index contributed by atoms with van der Waals surface area (Å²) in [6.07, 6.45) is -0.481. The number of carboxylic acid groups (broad SMARTS) is 1. The van der Waals surface area contributed by atoms with Crippen LogP contribution in [0.5, 0.6) is 5.75 Å². The standard InChI is InChI=1S/C12H15N3O5/c1-20-8-4-2-7(3-5-8)14-12(19)15-9(11(17)18)6-10(13)16/h2-5,9H,6H2,1H3,(H2,13,16)(H,17,18)(H2,14,15,19). The molecule has 0 fully saturated rings. The molecule has 1 aromatic carbocycles. The van der Waals surface area contributed by atoms with E-state index in [-0.39, 0.29) is 0 Å². The van der Waals surface area contributed by atoms with E-state index >= 15 is 0 Å². The summed E-state index contributed by atoms with van der Waals surface area (Å²) in [5.41, 5.74) is 5.35. The van der Waals surface area contributed by atoms with Crippen molar-refractivity contribution in [1.29, 1.82) is 0 Å². The second-order valence-electron chi connectivity index (χ2n) is 3.89. The third-order valence-corrected chi connectivity index (χ3v) is 2.36. The number of carbonyl (C=O) groups is 3. The van der Waals surface area contributed by atoms with Crippen LogP contribution in [0.15, 0.2) is 24.3 Å². The maximum Gasteiger partial charge on any atom is 0.326 e. The van der Waals surface area contributed by atoms with Crippen molar-refractivity contribution >= 4 is 23.6 Å². The van der Waals surface area contributed by atoms with Gasteiger partial charge in [-0.25, -0.2) is 9.59 Å². The van der Waals surface area contributed by atoms with Crippen LogP contribution in [0, 0.1) is 0 Å². The van der Waals surface area contributed by atoms with Crippen molar-refractivity contribution in [3.05, 3.63) is 24.3 Å². The van der Waals surface area contributed by atoms with E-state index in [0.29, 0.717) is 11.4 Å². The van der Waals surface area contributed by atoms with E-state index in [0.717, 1.165) is 0 Å². The number of anilines is 1. The average molecular weight is 281 g/mol. The Kier molecular flexibility index (Phi) is 5.33. The van der Waals surface area contributed by atoms with Gasteiger partial charge in [-0.1, -0.05) is 0 Å². The number of rotatable bonds is 6. The molecule has 8 nitrogen and oxygen atoms in total. The third kappa shape index (κ3) is 4.84. The molecule has 0 bridgehead atoms. The summed E-state index contributed by atoms with van der Waals surface area (Å²) < 4.78 is 4.96. The highest BCUT2D eigenvalue weighted by Gasteiger charge is 2.22. The second-order valence-corrected chi connectivity index (χ2v) is 3.89. The zero-order valence-electron chi connectivity index (χ0n) is 10.8. The minimum absolute atomic E-state index is 0.450. The van der Waals surface area contributed by atoms with Gasteiger partial charge in [-0.3, -0.25) is 4.79 Å². The molecule has 0 spiro atoms. The predicted octanol–water partition coefficient (Wildman–Crippen LogP) is 0.145. The Labute approximate surface area is 114 Å². The van der Waals surface area contributed by atoms with Crippen molar-refractivity contribution in [2.45, 2.75) is 12.5 Å². The molecule has 108 valence electrons. The molecule has 0 aromatic heterocycles. The monoisotopic (exact) mass is 281 g/mol. The Bertz CT molecular complexity index is 500. The van der Waals surface area contributed by atoms with E-state index in [1.165, 1.54) is 7.11 Å². The lowest BCUT2D eigenvalue weighted by Gasteiger charge is -2.13. The lowest BCUT2D eigenvalue weighted by molar-refractivity contribution is -0.140. The smallest absolute Gasteiger partial charge is 0.326 e. The van der Waals surface area contributed by atoms with E-state index in [2.05, 4.69) is 10.6 Å². The number of methoxy groups -OCH3 is 1. The van der Waals surface area contributed by atoms with Crippen LogP contribution in [-0.4, -0.2) is 36.2 Å². The number of hydrogen-bond donors (Lipinski definition) is 4. The molecule has 0 aliphatic rings. The molecule has 1 atom stereocenters. The van der Waals surface area contributed by atoms with Crippen molar-refractivity contribution in [2.24, 2.45) is 5.73 Å². The van der Waals surface area contributed by atoms with Gasteiger partial charge in [-0.2, -0.15) is 0 Å². The molecule has 0 saturated heterocycles. The van der Waals surface area contributed by atoms with Crippen molar-refractivity contribution in [2.75, 3.05) is 12.4 Å². The molecular weight excluding hydrogens is 266 g/mol. The molecule has 1 aromatic rings. The van der Waals surface area contributed by atoms with Gasteiger partial charge in [0.05, 0.1) is 13.5 Å². The number of nitrogens with one attached hydrogen (secondary N) is 2. The number of urea groups is 1. The van der Waals surface area contributed by atoms with Gasteiger partial charge in [0.1, 0.15) is 11.8 Å². The maximum atomic E-state index is 11.6. The first-order chi connectivity index (χ1) is 9.42. The molecule has 1 rings (SSSR count). The predicted molar refractivity (Wildman–Crippen MR) is 70.4 cm³/mol. The zero-order chi connectivity index (χ0) is 15.1. The number of carboxylic acids is 1. The molecule has 0 aliphatic heterocycles. The van der Waals surface area contributed by atoms with Gasteiger partial charge in [0.2, 0.25) is 5.91 Å². The van der Waals surface area contributed by atoms with Gasteiger partial charge in [0.25, 0.3) is 0 Å². The highest BCUT2D eigenvalue weighted by Crippen LogP contribution is 2.14. The number of benzene rings is 1. The van der Waals surface area contributed by atoms with Gasteiger partial charge in [0, 0.05) is 5.69 Å². The van der Waals surface area contributed by atoms with Gasteiger partial charge in [0.15, 0.2) is 0 Å². The fraction of sp³-hybridized carbons (Fsp3) is 0.250. The first kappa shape index (κ1) is 15.3. The molecule has 0 saturated carbocycles. The minimum atomic E-state index is -1.37. The minimum Gasteiger partial charge on any atom is -0.497 e. The van der Waals surface area contributed by atoms with Crippen molar-refractivity contribution < 1.29 is 24.2 Å². The summed E-state index contributed by atoms with van der Waals surface area (Å²) in [6.45, 7) is 0. The summed E-state index contributed by atoms with van der Waals surface area (Å²) in [5, 5.41) is 13.4. The number of ether oxygens (including phenoxy) is 1. The first-order valence-electron chi connectivity index (χ1n) is 5.65. The fourth-order valence-electron chi connectivity index (χ4n) is 1.40. The van der Waals surface area contributed by atoms with Gasteiger partial charge in [-0.15, -0.1) is 0 Å². The first-order valence-corrected chi connectivity index (χ1v) is 5.65. The lowest BCUT2D eigenvalue weighted by Crippen LogP contribution is -2.45. The number of amides is 3. The molecule has 8 heteroatoms. The number of carbonyl (C=O) groups excluding carboxylic acids is 2. The quantitative estimate of drug-likeness (QED) is 0.589. The summed E-state index contributed by atoms with van der Waals surface area (Å²) >= 11 is 0. The molecule has 3 amide bonds. The highest BCUT2D eigenvalue weighted by molar-refractivity contribution is 5.93. The molecule has 5 N–H and O–H groups in total. The number of nitrogens with two attached hydrogens (primary N) is 1. The molecule has 20 heavy (non-hydrogen) atoms. The highest BCUT2D eigenvalue weighted by atomic mass is 16.5. The van der Waals surface area contributed by atoms with Crippen LogP contribution < -0.4 is 21.1 Å². The molecule has 1 unspecified atom stereocenters. The third-order valence-electron chi connectivity index (χ3n) is 2.36. The number of aliphatic carboxylic acids is 1. The van der Waals surface area contributed by atoms with Crippen LogP contribution in [-0.2, 0) is 9.59 Å². The summed E-state index contributed by atoms with van der Waals surface area (Å²) in [4.78, 5) is 33.1. The van der Waals surface area contributed by atoms with Crippen LogP contribution >= 0.6 is 0 Å². The van der Waals surface area contributed by atoms with Crippen molar-refractivity contribution in [3.63, 3.8) is 0 Å².